The van der Waals surface area contributed by atoms with E-state index < -0.39 is 0 Å². The van der Waals surface area contributed by atoms with E-state index in [1.807, 2.05) is 13.8 Å². The number of rotatable bonds is 2. The molecule has 4 fully saturated rings. The van der Waals surface area contributed by atoms with Gasteiger partial charge in [-0.15, -0.1) is 0 Å². The predicted octanol–water partition coefficient (Wildman–Crippen LogP) is 11.4. The molecule has 0 saturated heterocycles. The zero-order valence-corrected chi connectivity index (χ0v) is 26.8. The van der Waals surface area contributed by atoms with Crippen molar-refractivity contribution in [3.8, 4) is 0 Å². The Morgan fingerprint density at radius 1 is 0.811 bits per heavy atom. The van der Waals surface area contributed by atoms with E-state index in [1.165, 1.54) is 68.9 Å². The SMILES string of the molecule is C=C1CC(C(C)(C)C2(C)CCC3C4C(C)C(C)C5CCCC(=C)C5(C)C4CCC32C)CC(C)=C1C.CC. The number of hydrogen-bond acceptors (Lipinski definition) is 0. The molecule has 0 nitrogen and oxygen atoms in total. The average molecular weight is 507 g/mol. The highest BCUT2D eigenvalue weighted by atomic mass is 14.7. The Morgan fingerprint density at radius 3 is 2.05 bits per heavy atom. The van der Waals surface area contributed by atoms with Crippen molar-refractivity contribution in [3.63, 3.8) is 0 Å². The fourth-order valence-corrected chi connectivity index (χ4v) is 11.7. The van der Waals surface area contributed by atoms with Crippen LogP contribution in [0.3, 0.4) is 0 Å². The molecule has 0 bridgehead atoms. The van der Waals surface area contributed by atoms with Gasteiger partial charge in [-0.05, 0) is 140 Å². The molecule has 5 rings (SSSR count). The van der Waals surface area contributed by atoms with Crippen molar-refractivity contribution in [3.05, 3.63) is 35.5 Å². The highest BCUT2D eigenvalue weighted by molar-refractivity contribution is 5.35. The van der Waals surface area contributed by atoms with Gasteiger partial charge >= 0.3 is 0 Å². The Labute approximate surface area is 232 Å². The fraction of sp³-hybridized carbons (Fsp3) is 0.838. The lowest BCUT2D eigenvalue weighted by Gasteiger charge is -2.67. The van der Waals surface area contributed by atoms with Gasteiger partial charge in [0.05, 0.1) is 0 Å². The first-order chi connectivity index (χ1) is 17.2. The van der Waals surface area contributed by atoms with E-state index in [9.17, 15) is 0 Å². The molecule has 0 radical (unpaired) electrons. The number of fused-ring (bicyclic) bond motifs is 5. The van der Waals surface area contributed by atoms with Gasteiger partial charge in [0, 0.05) is 0 Å². The summed E-state index contributed by atoms with van der Waals surface area (Å²) in [5, 5.41) is 0. The molecule has 10 unspecified atom stereocenters. The molecule has 5 aliphatic carbocycles. The van der Waals surface area contributed by atoms with Crippen molar-refractivity contribution < 1.29 is 0 Å². The van der Waals surface area contributed by atoms with Crippen molar-refractivity contribution in [2.75, 3.05) is 0 Å². The van der Waals surface area contributed by atoms with Crippen molar-refractivity contribution in [2.45, 2.75) is 134 Å². The van der Waals surface area contributed by atoms with Gasteiger partial charge in [0.15, 0.2) is 0 Å². The summed E-state index contributed by atoms with van der Waals surface area (Å²) in [7, 11) is 0. The first-order valence-corrected chi connectivity index (χ1v) is 16.2. The summed E-state index contributed by atoms with van der Waals surface area (Å²) in [6.07, 6.45) is 12.3. The minimum atomic E-state index is 0.318. The van der Waals surface area contributed by atoms with E-state index >= 15 is 0 Å². The van der Waals surface area contributed by atoms with Crippen LogP contribution >= 0.6 is 0 Å². The molecule has 0 aromatic carbocycles. The largest absolute Gasteiger partial charge is 0.0993 e. The van der Waals surface area contributed by atoms with E-state index in [2.05, 4.69) is 68.9 Å². The lowest BCUT2D eigenvalue weighted by molar-refractivity contribution is -0.171. The van der Waals surface area contributed by atoms with Crippen LogP contribution in [0.15, 0.2) is 35.5 Å². The molecule has 0 spiro atoms. The van der Waals surface area contributed by atoms with E-state index in [1.54, 1.807) is 11.1 Å². The molecule has 0 aromatic heterocycles. The van der Waals surface area contributed by atoms with Gasteiger partial charge in [-0.1, -0.05) is 92.2 Å². The molecule has 4 saturated carbocycles. The second-order valence-electron chi connectivity index (χ2n) is 15.6. The third kappa shape index (κ3) is 3.79. The summed E-state index contributed by atoms with van der Waals surface area (Å²) in [4.78, 5) is 0. The number of hydrogen-bond donors (Lipinski definition) is 0. The van der Waals surface area contributed by atoms with E-state index in [4.69, 9.17) is 6.58 Å². The van der Waals surface area contributed by atoms with Crippen LogP contribution in [0.1, 0.15) is 134 Å². The molecule has 0 heteroatoms. The minimum Gasteiger partial charge on any atom is -0.0993 e. The van der Waals surface area contributed by atoms with Crippen LogP contribution in [0.2, 0.25) is 0 Å². The zero-order chi connectivity index (χ0) is 27.7. The molecule has 0 aliphatic heterocycles. The normalized spacial score (nSPS) is 48.0. The standard InChI is InChI=1S/C35H56.C2H6/c1-21-19-27(20-22(2)24(21)4)32(7,8)34(10)18-16-29-31-26(6)25(5)28-14-12-13-23(3)35(28,11)30(31)15-17-33(29,34)9;1-2/h25-31H,1,3,12-20H2,2,4-11H3;1-2H3. The van der Waals surface area contributed by atoms with Crippen molar-refractivity contribution in [2.24, 2.45) is 63.1 Å². The molecule has 210 valence electrons. The molecule has 5 aliphatic rings. The minimum absolute atomic E-state index is 0.318. The Hall–Kier alpha value is -0.780. The van der Waals surface area contributed by atoms with Crippen LogP contribution < -0.4 is 0 Å². The first kappa shape index (κ1) is 29.2. The van der Waals surface area contributed by atoms with E-state index in [0.717, 1.165) is 41.4 Å². The van der Waals surface area contributed by atoms with Gasteiger partial charge < -0.3 is 0 Å². The summed E-state index contributed by atoms with van der Waals surface area (Å²) in [6, 6.07) is 0. The van der Waals surface area contributed by atoms with Gasteiger partial charge in [0.1, 0.15) is 0 Å². The van der Waals surface area contributed by atoms with E-state index in [-0.39, 0.29) is 0 Å². The third-order valence-corrected chi connectivity index (χ3v) is 15.0. The van der Waals surface area contributed by atoms with Crippen molar-refractivity contribution >= 4 is 0 Å². The smallest absolute Gasteiger partial charge is 0.00571 e. The lowest BCUT2D eigenvalue weighted by Crippen LogP contribution is -2.61. The summed E-state index contributed by atoms with van der Waals surface area (Å²) in [5.41, 5.74) is 7.62. The molecule has 0 N–H and O–H groups in total. The van der Waals surface area contributed by atoms with Crippen LogP contribution in [0.4, 0.5) is 0 Å². The highest BCUT2D eigenvalue weighted by Gasteiger charge is 2.69. The van der Waals surface area contributed by atoms with Gasteiger partial charge in [0.2, 0.25) is 0 Å². The van der Waals surface area contributed by atoms with Crippen LogP contribution in [0, 0.1) is 63.1 Å². The molecule has 0 heterocycles. The summed E-state index contributed by atoms with van der Waals surface area (Å²) in [6.45, 7) is 36.7. The maximum absolute atomic E-state index is 4.76. The maximum Gasteiger partial charge on any atom is -0.00571 e. The van der Waals surface area contributed by atoms with Gasteiger partial charge in [-0.25, -0.2) is 0 Å². The average Bonchev–Trinajstić information content (AvgIpc) is 3.15. The summed E-state index contributed by atoms with van der Waals surface area (Å²) < 4.78 is 0. The molecular weight excluding hydrogens is 444 g/mol. The molecule has 37 heavy (non-hydrogen) atoms. The fourth-order valence-electron chi connectivity index (χ4n) is 11.7. The van der Waals surface area contributed by atoms with Gasteiger partial charge in [-0.3, -0.25) is 0 Å². The van der Waals surface area contributed by atoms with Crippen LogP contribution in [0.5, 0.6) is 0 Å². The Morgan fingerprint density at radius 2 is 1.43 bits per heavy atom. The van der Waals surface area contributed by atoms with Crippen LogP contribution in [-0.4, -0.2) is 0 Å². The molecule has 0 aromatic rings. The molecule has 10 atom stereocenters. The summed E-state index contributed by atoms with van der Waals surface area (Å²) in [5.74, 6) is 5.87. The Balaban J connectivity index is 0.00000156. The summed E-state index contributed by atoms with van der Waals surface area (Å²) >= 11 is 0. The molecule has 0 amide bonds. The Kier molecular flexibility index (Phi) is 7.65. The van der Waals surface area contributed by atoms with Gasteiger partial charge in [0.25, 0.3) is 0 Å². The molecular formula is C37H62. The monoisotopic (exact) mass is 506 g/mol. The van der Waals surface area contributed by atoms with E-state index in [0.29, 0.717) is 21.7 Å². The van der Waals surface area contributed by atoms with Crippen molar-refractivity contribution in [1.29, 1.82) is 0 Å². The maximum atomic E-state index is 4.76. The van der Waals surface area contributed by atoms with Gasteiger partial charge in [-0.2, -0.15) is 0 Å². The van der Waals surface area contributed by atoms with Crippen LogP contribution in [-0.2, 0) is 0 Å². The zero-order valence-electron chi connectivity index (χ0n) is 26.8. The third-order valence-electron chi connectivity index (χ3n) is 15.0. The second-order valence-corrected chi connectivity index (χ2v) is 15.6. The second kappa shape index (κ2) is 9.70. The number of allylic oxidation sites excluding steroid dienone is 4. The quantitative estimate of drug-likeness (QED) is 0.327. The Bertz CT molecular complexity index is 945. The predicted molar refractivity (Wildman–Crippen MR) is 163 cm³/mol. The first-order valence-electron chi connectivity index (χ1n) is 16.2. The highest BCUT2D eigenvalue weighted by Crippen LogP contribution is 2.76. The topological polar surface area (TPSA) is 0 Å². The van der Waals surface area contributed by atoms with Crippen molar-refractivity contribution in [1.82, 2.24) is 0 Å². The lowest BCUT2D eigenvalue weighted by atomic mass is 9.37. The van der Waals surface area contributed by atoms with Crippen LogP contribution in [0.25, 0.3) is 0 Å².